The summed E-state index contributed by atoms with van der Waals surface area (Å²) in [5.41, 5.74) is 7.34. The molecule has 0 aromatic rings. The SMILES string of the molecule is C=C1CC([C@@H]2CCC3C(C2)[C@@H](CC)CC2C4CC[C@H]([C@H](C)CCNC(N)=O)C4(C)CC[C@H]32)C1. The van der Waals surface area contributed by atoms with Crippen LogP contribution in [0.2, 0.25) is 0 Å². The third-order valence-electron chi connectivity index (χ3n) is 12.2. The molecule has 0 radical (unpaired) electrons. The van der Waals surface area contributed by atoms with Gasteiger partial charge < -0.3 is 11.1 Å². The Hall–Kier alpha value is -0.990. The maximum atomic E-state index is 11.1. The van der Waals surface area contributed by atoms with Crippen LogP contribution >= 0.6 is 0 Å². The van der Waals surface area contributed by atoms with Crippen molar-refractivity contribution >= 4 is 6.03 Å². The van der Waals surface area contributed by atoms with E-state index < -0.39 is 0 Å². The van der Waals surface area contributed by atoms with E-state index in [1.165, 1.54) is 69.8 Å². The number of carbonyl (C=O) groups excluding carboxylic acids is 1. The van der Waals surface area contributed by atoms with Crippen molar-refractivity contribution in [2.45, 2.75) is 97.8 Å². The van der Waals surface area contributed by atoms with Crippen molar-refractivity contribution in [2.24, 2.45) is 70.3 Å². The van der Waals surface area contributed by atoms with Crippen molar-refractivity contribution in [3.8, 4) is 0 Å². The molecule has 5 fully saturated rings. The summed E-state index contributed by atoms with van der Waals surface area (Å²) in [5, 5.41) is 2.83. The zero-order valence-corrected chi connectivity index (χ0v) is 21.7. The Bertz CT molecular complexity index is 740. The third-order valence-corrected chi connectivity index (χ3v) is 12.2. The number of hydrogen-bond donors (Lipinski definition) is 2. The van der Waals surface area contributed by atoms with E-state index in [0.717, 1.165) is 66.2 Å². The van der Waals surface area contributed by atoms with Gasteiger partial charge in [0, 0.05) is 6.54 Å². The fourth-order valence-corrected chi connectivity index (χ4v) is 10.6. The van der Waals surface area contributed by atoms with Gasteiger partial charge in [-0.25, -0.2) is 4.79 Å². The molecule has 3 heteroatoms. The molecule has 0 aliphatic heterocycles. The lowest BCUT2D eigenvalue weighted by Crippen LogP contribution is -2.52. The van der Waals surface area contributed by atoms with Crippen LogP contribution in [0.4, 0.5) is 4.79 Å². The zero-order chi connectivity index (χ0) is 23.3. The van der Waals surface area contributed by atoms with Gasteiger partial charge in [0.05, 0.1) is 0 Å². The zero-order valence-electron chi connectivity index (χ0n) is 21.7. The van der Waals surface area contributed by atoms with E-state index in [9.17, 15) is 4.79 Å². The molecule has 2 amide bonds. The summed E-state index contributed by atoms with van der Waals surface area (Å²) < 4.78 is 0. The van der Waals surface area contributed by atoms with Crippen molar-refractivity contribution in [1.29, 1.82) is 0 Å². The molecule has 5 aliphatic carbocycles. The van der Waals surface area contributed by atoms with E-state index in [0.29, 0.717) is 11.3 Å². The highest BCUT2D eigenvalue weighted by Crippen LogP contribution is 2.67. The molecule has 33 heavy (non-hydrogen) atoms. The van der Waals surface area contributed by atoms with Crippen LogP contribution in [-0.4, -0.2) is 12.6 Å². The van der Waals surface area contributed by atoms with Gasteiger partial charge >= 0.3 is 6.03 Å². The number of fused-ring (bicyclic) bond motifs is 5. The lowest BCUT2D eigenvalue weighted by atomic mass is 9.46. The minimum Gasteiger partial charge on any atom is -0.352 e. The summed E-state index contributed by atoms with van der Waals surface area (Å²) in [6, 6.07) is -0.377. The number of nitrogens with one attached hydrogen (secondary N) is 1. The summed E-state index contributed by atoms with van der Waals surface area (Å²) in [5.74, 6) is 9.42. The Morgan fingerprint density at radius 1 is 1.06 bits per heavy atom. The van der Waals surface area contributed by atoms with Crippen LogP contribution in [0.5, 0.6) is 0 Å². The van der Waals surface area contributed by atoms with Gasteiger partial charge in [-0.1, -0.05) is 39.3 Å². The number of allylic oxidation sites excluding steroid dienone is 1. The highest BCUT2D eigenvalue weighted by atomic mass is 16.2. The second-order valence-electron chi connectivity index (χ2n) is 13.4. The van der Waals surface area contributed by atoms with Gasteiger partial charge in [-0.15, -0.1) is 0 Å². The number of rotatable bonds is 6. The Balaban J connectivity index is 1.27. The van der Waals surface area contributed by atoms with Crippen LogP contribution in [0, 0.1) is 64.6 Å². The lowest BCUT2D eigenvalue weighted by molar-refractivity contribution is -0.101. The molecule has 10 atom stereocenters. The normalized spacial score (nSPS) is 46.0. The number of urea groups is 1. The molecule has 5 unspecified atom stereocenters. The predicted molar refractivity (Wildman–Crippen MR) is 136 cm³/mol. The van der Waals surface area contributed by atoms with E-state index >= 15 is 0 Å². The van der Waals surface area contributed by atoms with E-state index in [4.69, 9.17) is 5.73 Å². The Labute approximate surface area is 203 Å². The molecule has 186 valence electrons. The monoisotopic (exact) mass is 454 g/mol. The maximum absolute atomic E-state index is 11.1. The molecule has 5 rings (SSSR count). The van der Waals surface area contributed by atoms with Gasteiger partial charge in [-0.2, -0.15) is 0 Å². The van der Waals surface area contributed by atoms with Crippen molar-refractivity contribution in [1.82, 2.24) is 5.32 Å². The average Bonchev–Trinajstić information content (AvgIpc) is 3.13. The van der Waals surface area contributed by atoms with Crippen molar-refractivity contribution < 1.29 is 4.79 Å². The molecule has 5 saturated carbocycles. The summed E-state index contributed by atoms with van der Waals surface area (Å²) in [6.45, 7) is 12.6. The fraction of sp³-hybridized carbons (Fsp3) is 0.900. The molecule has 0 saturated heterocycles. The highest BCUT2D eigenvalue weighted by Gasteiger charge is 2.59. The van der Waals surface area contributed by atoms with E-state index in [-0.39, 0.29) is 6.03 Å². The third kappa shape index (κ3) is 4.18. The van der Waals surface area contributed by atoms with Crippen LogP contribution in [0.15, 0.2) is 12.2 Å². The Kier molecular flexibility index (Phi) is 6.64. The quantitative estimate of drug-likeness (QED) is 0.411. The first-order valence-electron chi connectivity index (χ1n) is 14.5. The van der Waals surface area contributed by atoms with Crippen molar-refractivity contribution in [2.75, 3.05) is 6.54 Å². The lowest BCUT2D eigenvalue weighted by Gasteiger charge is -2.59. The first-order chi connectivity index (χ1) is 15.8. The van der Waals surface area contributed by atoms with Crippen LogP contribution in [-0.2, 0) is 0 Å². The molecule has 3 N–H and O–H groups in total. The summed E-state index contributed by atoms with van der Waals surface area (Å²) in [7, 11) is 0. The van der Waals surface area contributed by atoms with Gasteiger partial charge in [-0.05, 0) is 135 Å². The second kappa shape index (κ2) is 9.23. The Morgan fingerprint density at radius 2 is 1.82 bits per heavy atom. The first-order valence-corrected chi connectivity index (χ1v) is 14.5. The highest BCUT2D eigenvalue weighted by molar-refractivity contribution is 5.71. The van der Waals surface area contributed by atoms with Gasteiger partial charge in [0.1, 0.15) is 0 Å². The summed E-state index contributed by atoms with van der Waals surface area (Å²) >= 11 is 0. The number of carbonyl (C=O) groups is 1. The molecular weight excluding hydrogens is 404 g/mol. The maximum Gasteiger partial charge on any atom is 0.312 e. The number of amides is 2. The minimum absolute atomic E-state index is 0.377. The van der Waals surface area contributed by atoms with Crippen LogP contribution in [0.3, 0.4) is 0 Å². The van der Waals surface area contributed by atoms with Gasteiger partial charge in [0.25, 0.3) is 0 Å². The average molecular weight is 455 g/mol. The second-order valence-corrected chi connectivity index (χ2v) is 13.4. The smallest absolute Gasteiger partial charge is 0.312 e. The van der Waals surface area contributed by atoms with Gasteiger partial charge in [-0.3, -0.25) is 0 Å². The van der Waals surface area contributed by atoms with Crippen molar-refractivity contribution in [3.63, 3.8) is 0 Å². The van der Waals surface area contributed by atoms with Gasteiger partial charge in [0.2, 0.25) is 0 Å². The summed E-state index contributed by atoms with van der Waals surface area (Å²) in [6.07, 6.45) is 17.0. The largest absolute Gasteiger partial charge is 0.352 e. The molecule has 0 bridgehead atoms. The molecule has 3 nitrogen and oxygen atoms in total. The summed E-state index contributed by atoms with van der Waals surface area (Å²) in [4.78, 5) is 11.1. The number of hydrogen-bond acceptors (Lipinski definition) is 1. The standard InChI is InChI=1S/C30H50N2O/c1-5-20-16-26-24(23-7-6-21(17-25(20)23)22-14-18(2)15-22)10-12-30(4)27(8-9-28(26)30)19(3)11-13-32-29(31)33/h19-28H,2,5-17H2,1,3-4H3,(H3,31,32,33)/t19-,20+,21-,23?,24-,25?,26?,27-,28?,30?/m1/s1. The molecular formula is C30H50N2O. The Morgan fingerprint density at radius 3 is 2.52 bits per heavy atom. The topological polar surface area (TPSA) is 55.1 Å². The fourth-order valence-electron chi connectivity index (χ4n) is 10.6. The van der Waals surface area contributed by atoms with Crippen LogP contribution in [0.25, 0.3) is 0 Å². The van der Waals surface area contributed by atoms with Gasteiger partial charge in [0.15, 0.2) is 0 Å². The molecule has 0 aromatic heterocycles. The minimum atomic E-state index is -0.377. The first kappa shape index (κ1) is 23.7. The van der Waals surface area contributed by atoms with E-state index in [2.05, 4.69) is 32.7 Å². The van der Waals surface area contributed by atoms with Crippen LogP contribution in [0.1, 0.15) is 97.8 Å². The predicted octanol–water partition coefficient (Wildman–Crippen LogP) is 7.17. The van der Waals surface area contributed by atoms with Crippen molar-refractivity contribution in [3.05, 3.63) is 12.2 Å². The number of nitrogens with two attached hydrogens (primary N) is 1. The van der Waals surface area contributed by atoms with E-state index in [1.54, 1.807) is 6.42 Å². The van der Waals surface area contributed by atoms with Crippen LogP contribution < -0.4 is 11.1 Å². The molecule has 0 heterocycles. The molecule has 0 spiro atoms. The number of primary amides is 1. The van der Waals surface area contributed by atoms with E-state index in [1.807, 2.05) is 0 Å². The molecule has 0 aromatic carbocycles. The molecule has 5 aliphatic rings.